The molecule has 3 rings (SSSR count). The first kappa shape index (κ1) is 12.0. The van der Waals surface area contributed by atoms with Crippen molar-refractivity contribution in [2.45, 2.75) is 76.4 Å². The highest BCUT2D eigenvalue weighted by Gasteiger charge is 2.42. The van der Waals surface area contributed by atoms with E-state index in [2.05, 4.69) is 23.6 Å². The molecule has 2 aliphatic heterocycles. The lowest BCUT2D eigenvalue weighted by Gasteiger charge is -2.53. The first-order valence-corrected chi connectivity index (χ1v) is 7.70. The van der Waals surface area contributed by atoms with Gasteiger partial charge in [0, 0.05) is 30.7 Å². The SMILES string of the molecule is CC1CN2CCCCC2CN1C1(C)CCCC1. The van der Waals surface area contributed by atoms with E-state index < -0.39 is 0 Å². The van der Waals surface area contributed by atoms with Gasteiger partial charge in [0.25, 0.3) is 0 Å². The molecule has 0 spiro atoms. The number of hydrogen-bond acceptors (Lipinski definition) is 2. The molecule has 2 unspecified atom stereocenters. The molecule has 0 bridgehead atoms. The summed E-state index contributed by atoms with van der Waals surface area (Å²) in [6.45, 7) is 9.00. The summed E-state index contributed by atoms with van der Waals surface area (Å²) in [5.41, 5.74) is 0.531. The van der Waals surface area contributed by atoms with Crippen LogP contribution in [-0.4, -0.2) is 47.1 Å². The van der Waals surface area contributed by atoms with E-state index in [9.17, 15) is 0 Å². The van der Waals surface area contributed by atoms with E-state index in [0.29, 0.717) is 5.54 Å². The van der Waals surface area contributed by atoms with Crippen LogP contribution in [0.3, 0.4) is 0 Å². The van der Waals surface area contributed by atoms with Crippen molar-refractivity contribution >= 4 is 0 Å². The van der Waals surface area contributed by atoms with Crippen LogP contribution >= 0.6 is 0 Å². The Kier molecular flexibility index (Phi) is 3.20. The molecule has 2 nitrogen and oxygen atoms in total. The van der Waals surface area contributed by atoms with Gasteiger partial charge in [-0.05, 0) is 46.1 Å². The van der Waals surface area contributed by atoms with E-state index in [1.807, 2.05) is 0 Å². The molecule has 2 heteroatoms. The van der Waals surface area contributed by atoms with E-state index in [4.69, 9.17) is 0 Å². The van der Waals surface area contributed by atoms with Crippen LogP contribution < -0.4 is 0 Å². The Balaban J connectivity index is 1.72. The van der Waals surface area contributed by atoms with Crippen LogP contribution in [0.4, 0.5) is 0 Å². The van der Waals surface area contributed by atoms with E-state index in [1.54, 1.807) is 0 Å². The summed E-state index contributed by atoms with van der Waals surface area (Å²) in [5, 5.41) is 0. The maximum Gasteiger partial charge on any atom is 0.0224 e. The Morgan fingerprint density at radius 3 is 2.53 bits per heavy atom. The summed E-state index contributed by atoms with van der Waals surface area (Å²) < 4.78 is 0. The Morgan fingerprint density at radius 1 is 1.00 bits per heavy atom. The Bertz CT molecular complexity index is 270. The molecule has 1 aliphatic carbocycles. The predicted octanol–water partition coefficient (Wildman–Crippen LogP) is 2.88. The van der Waals surface area contributed by atoms with Crippen molar-refractivity contribution in [3.8, 4) is 0 Å². The summed E-state index contributed by atoms with van der Waals surface area (Å²) in [5.74, 6) is 0. The zero-order valence-electron chi connectivity index (χ0n) is 11.6. The van der Waals surface area contributed by atoms with Crippen molar-refractivity contribution in [1.82, 2.24) is 9.80 Å². The number of nitrogens with zero attached hydrogens (tertiary/aromatic N) is 2. The average molecular weight is 236 g/mol. The number of hydrogen-bond donors (Lipinski definition) is 0. The molecule has 2 atom stereocenters. The van der Waals surface area contributed by atoms with Crippen molar-refractivity contribution in [2.75, 3.05) is 19.6 Å². The highest BCUT2D eigenvalue weighted by Crippen LogP contribution is 2.38. The van der Waals surface area contributed by atoms with Crippen molar-refractivity contribution in [1.29, 1.82) is 0 Å². The van der Waals surface area contributed by atoms with Crippen molar-refractivity contribution in [3.05, 3.63) is 0 Å². The van der Waals surface area contributed by atoms with Gasteiger partial charge in [-0.3, -0.25) is 9.80 Å². The van der Waals surface area contributed by atoms with Crippen LogP contribution in [0.25, 0.3) is 0 Å². The fraction of sp³-hybridized carbons (Fsp3) is 1.00. The summed E-state index contributed by atoms with van der Waals surface area (Å²) >= 11 is 0. The average Bonchev–Trinajstić information content (AvgIpc) is 2.76. The minimum atomic E-state index is 0.531. The molecule has 98 valence electrons. The number of rotatable bonds is 1. The van der Waals surface area contributed by atoms with Gasteiger partial charge in [-0.15, -0.1) is 0 Å². The van der Waals surface area contributed by atoms with Crippen molar-refractivity contribution in [3.63, 3.8) is 0 Å². The Morgan fingerprint density at radius 2 is 1.76 bits per heavy atom. The Hall–Kier alpha value is -0.0800. The quantitative estimate of drug-likeness (QED) is 0.691. The van der Waals surface area contributed by atoms with Gasteiger partial charge in [-0.25, -0.2) is 0 Å². The molecule has 0 aromatic carbocycles. The topological polar surface area (TPSA) is 6.48 Å². The smallest absolute Gasteiger partial charge is 0.0224 e. The molecule has 17 heavy (non-hydrogen) atoms. The molecule has 1 saturated carbocycles. The van der Waals surface area contributed by atoms with Crippen LogP contribution in [0.1, 0.15) is 58.8 Å². The number of piperazine rings is 1. The van der Waals surface area contributed by atoms with Gasteiger partial charge >= 0.3 is 0 Å². The number of fused-ring (bicyclic) bond motifs is 1. The van der Waals surface area contributed by atoms with E-state index in [-0.39, 0.29) is 0 Å². The van der Waals surface area contributed by atoms with Crippen molar-refractivity contribution in [2.24, 2.45) is 0 Å². The lowest BCUT2D eigenvalue weighted by molar-refractivity contribution is -0.0396. The first-order chi connectivity index (χ1) is 8.19. The molecule has 0 radical (unpaired) electrons. The van der Waals surface area contributed by atoms with Gasteiger partial charge in [0.1, 0.15) is 0 Å². The third-order valence-electron chi connectivity index (χ3n) is 5.56. The maximum atomic E-state index is 2.87. The molecule has 3 fully saturated rings. The first-order valence-electron chi connectivity index (χ1n) is 7.70. The fourth-order valence-electron chi connectivity index (χ4n) is 4.53. The molecular weight excluding hydrogens is 208 g/mol. The van der Waals surface area contributed by atoms with Crippen LogP contribution in [0, 0.1) is 0 Å². The summed E-state index contributed by atoms with van der Waals surface area (Å²) in [6.07, 6.45) is 10.1. The summed E-state index contributed by atoms with van der Waals surface area (Å²) in [7, 11) is 0. The molecule has 2 heterocycles. The van der Waals surface area contributed by atoms with Crippen LogP contribution in [0.5, 0.6) is 0 Å². The second-order valence-corrected chi connectivity index (χ2v) is 6.85. The van der Waals surface area contributed by atoms with Crippen LogP contribution in [-0.2, 0) is 0 Å². The van der Waals surface area contributed by atoms with E-state index in [0.717, 1.165) is 12.1 Å². The molecule has 0 aromatic heterocycles. The summed E-state index contributed by atoms with van der Waals surface area (Å²) in [6, 6.07) is 1.64. The van der Waals surface area contributed by atoms with Crippen LogP contribution in [0.2, 0.25) is 0 Å². The third-order valence-corrected chi connectivity index (χ3v) is 5.56. The van der Waals surface area contributed by atoms with E-state index >= 15 is 0 Å². The largest absolute Gasteiger partial charge is 0.298 e. The highest BCUT2D eigenvalue weighted by atomic mass is 15.3. The third kappa shape index (κ3) is 2.15. The predicted molar refractivity (Wildman–Crippen MR) is 72.3 cm³/mol. The second-order valence-electron chi connectivity index (χ2n) is 6.85. The van der Waals surface area contributed by atoms with Gasteiger partial charge in [0.2, 0.25) is 0 Å². The fourth-order valence-corrected chi connectivity index (χ4v) is 4.53. The molecule has 0 amide bonds. The Labute approximate surface area is 106 Å². The summed E-state index contributed by atoms with van der Waals surface area (Å²) in [4.78, 5) is 5.63. The molecule has 2 saturated heterocycles. The number of piperidine rings is 1. The molecule has 0 N–H and O–H groups in total. The maximum absolute atomic E-state index is 2.87. The van der Waals surface area contributed by atoms with Gasteiger partial charge in [0.05, 0.1) is 0 Å². The minimum Gasteiger partial charge on any atom is -0.298 e. The van der Waals surface area contributed by atoms with Gasteiger partial charge in [-0.1, -0.05) is 19.3 Å². The van der Waals surface area contributed by atoms with Gasteiger partial charge in [-0.2, -0.15) is 0 Å². The zero-order valence-corrected chi connectivity index (χ0v) is 11.6. The second kappa shape index (κ2) is 4.55. The monoisotopic (exact) mass is 236 g/mol. The van der Waals surface area contributed by atoms with E-state index in [1.165, 1.54) is 64.6 Å². The standard InChI is InChI=1S/C15H28N2/c1-13-11-16-10-6-3-7-14(16)12-17(13)15(2)8-4-5-9-15/h13-14H,3-12H2,1-2H3. The lowest BCUT2D eigenvalue weighted by Crippen LogP contribution is -2.63. The van der Waals surface area contributed by atoms with Crippen LogP contribution in [0.15, 0.2) is 0 Å². The molecule has 3 aliphatic rings. The molecular formula is C15H28N2. The normalized spacial score (nSPS) is 39.2. The minimum absolute atomic E-state index is 0.531. The molecule has 0 aromatic rings. The van der Waals surface area contributed by atoms with Crippen molar-refractivity contribution < 1.29 is 0 Å². The lowest BCUT2D eigenvalue weighted by atomic mass is 9.90. The van der Waals surface area contributed by atoms with Gasteiger partial charge < -0.3 is 0 Å². The zero-order chi connectivity index (χ0) is 11.9. The highest BCUT2D eigenvalue weighted by molar-refractivity contribution is 4.99. The van der Waals surface area contributed by atoms with Gasteiger partial charge in [0.15, 0.2) is 0 Å².